The standard InChI is InChI=1S/C20H23N5OS.2ClH/c1-11-18-15(20(26)22-14-8-12-5-6-13(9-14)21-12)10-16(17-4-3-7-27-17)23-19(18)25(2)24-11;;/h3-4,7,10,12-14,21H,5-6,8-9H2,1-2H3,(H,22,26);2*1H. The molecule has 2 bridgehead atoms. The molecule has 2 fully saturated rings. The molecule has 5 heterocycles. The number of aryl methyl sites for hydroxylation is 2. The number of thiophene rings is 1. The maximum Gasteiger partial charge on any atom is 0.252 e. The van der Waals surface area contributed by atoms with E-state index in [4.69, 9.17) is 4.98 Å². The van der Waals surface area contributed by atoms with Gasteiger partial charge in [0, 0.05) is 25.2 Å². The van der Waals surface area contributed by atoms with Crippen LogP contribution in [0.15, 0.2) is 23.6 Å². The Balaban J connectivity index is 0.00000120. The fourth-order valence-corrected chi connectivity index (χ4v) is 5.30. The normalized spacial score (nSPS) is 22.8. The molecule has 0 aromatic carbocycles. The SMILES string of the molecule is Cc1nn(C)c2nc(-c3cccs3)cc(C(=O)NC3CC4CCC(C3)N4)c12.Cl.Cl. The minimum Gasteiger partial charge on any atom is -0.349 e. The lowest BCUT2D eigenvalue weighted by Crippen LogP contribution is -2.48. The van der Waals surface area contributed by atoms with E-state index in [1.54, 1.807) is 16.0 Å². The Hall–Kier alpha value is -1.67. The Morgan fingerprint density at radius 1 is 1.28 bits per heavy atom. The lowest BCUT2D eigenvalue weighted by atomic mass is 9.99. The number of hydrogen-bond donors (Lipinski definition) is 2. The van der Waals surface area contributed by atoms with E-state index >= 15 is 0 Å². The van der Waals surface area contributed by atoms with Crippen LogP contribution in [0.25, 0.3) is 21.6 Å². The highest BCUT2D eigenvalue weighted by Gasteiger charge is 2.34. The molecule has 29 heavy (non-hydrogen) atoms. The number of piperidine rings is 1. The highest BCUT2D eigenvalue weighted by molar-refractivity contribution is 7.13. The van der Waals surface area contributed by atoms with Crippen LogP contribution in [-0.4, -0.2) is 38.8 Å². The zero-order valence-corrected chi connectivity index (χ0v) is 18.8. The fourth-order valence-electron chi connectivity index (χ4n) is 4.61. The second-order valence-electron chi connectivity index (χ2n) is 7.72. The van der Waals surface area contributed by atoms with Crippen molar-refractivity contribution in [3.05, 3.63) is 34.8 Å². The van der Waals surface area contributed by atoms with E-state index in [-0.39, 0.29) is 36.8 Å². The molecule has 2 atom stereocenters. The van der Waals surface area contributed by atoms with E-state index in [1.165, 1.54) is 12.8 Å². The lowest BCUT2D eigenvalue weighted by Gasteiger charge is -2.29. The molecule has 5 rings (SSSR count). The van der Waals surface area contributed by atoms with Crippen molar-refractivity contribution in [2.75, 3.05) is 0 Å². The highest BCUT2D eigenvalue weighted by atomic mass is 35.5. The smallest absolute Gasteiger partial charge is 0.252 e. The maximum atomic E-state index is 13.3. The van der Waals surface area contributed by atoms with Crippen LogP contribution >= 0.6 is 36.2 Å². The quantitative estimate of drug-likeness (QED) is 0.631. The van der Waals surface area contributed by atoms with Crippen molar-refractivity contribution in [3.63, 3.8) is 0 Å². The van der Waals surface area contributed by atoms with E-state index < -0.39 is 0 Å². The molecule has 2 N–H and O–H groups in total. The van der Waals surface area contributed by atoms with Crippen LogP contribution in [0.3, 0.4) is 0 Å². The summed E-state index contributed by atoms with van der Waals surface area (Å²) in [6, 6.07) is 7.30. The summed E-state index contributed by atoms with van der Waals surface area (Å²) in [6.07, 6.45) is 4.47. The van der Waals surface area contributed by atoms with Gasteiger partial charge in [0.15, 0.2) is 5.65 Å². The first-order chi connectivity index (χ1) is 13.1. The number of aromatic nitrogens is 3. The van der Waals surface area contributed by atoms with Gasteiger partial charge >= 0.3 is 0 Å². The molecule has 1 amide bonds. The number of hydrogen-bond acceptors (Lipinski definition) is 5. The Morgan fingerprint density at radius 2 is 2.00 bits per heavy atom. The van der Waals surface area contributed by atoms with Crippen molar-refractivity contribution in [3.8, 4) is 10.6 Å². The average molecular weight is 454 g/mol. The number of fused-ring (bicyclic) bond motifs is 3. The number of carbonyl (C=O) groups excluding carboxylic acids is 1. The molecule has 6 nitrogen and oxygen atoms in total. The van der Waals surface area contributed by atoms with Crippen molar-refractivity contribution in [1.29, 1.82) is 0 Å². The Labute approximate surface area is 186 Å². The molecule has 3 aromatic rings. The van der Waals surface area contributed by atoms with Crippen molar-refractivity contribution in [2.24, 2.45) is 7.05 Å². The van der Waals surface area contributed by atoms with Crippen LogP contribution < -0.4 is 10.6 Å². The predicted octanol–water partition coefficient (Wildman–Crippen LogP) is 3.86. The molecule has 2 aliphatic heterocycles. The molecule has 2 aliphatic rings. The number of pyridine rings is 1. The summed E-state index contributed by atoms with van der Waals surface area (Å²) in [7, 11) is 1.88. The topological polar surface area (TPSA) is 71.8 Å². The third-order valence-electron chi connectivity index (χ3n) is 5.80. The Kier molecular flexibility index (Phi) is 6.53. The number of carbonyl (C=O) groups is 1. The van der Waals surface area contributed by atoms with Crippen LogP contribution in [0.2, 0.25) is 0 Å². The molecule has 2 unspecified atom stereocenters. The van der Waals surface area contributed by atoms with Crippen LogP contribution in [0.5, 0.6) is 0 Å². The van der Waals surface area contributed by atoms with E-state index in [2.05, 4.69) is 15.7 Å². The number of amides is 1. The van der Waals surface area contributed by atoms with Gasteiger partial charge in [0.25, 0.3) is 5.91 Å². The molecule has 9 heteroatoms. The van der Waals surface area contributed by atoms with Crippen molar-refractivity contribution < 1.29 is 4.79 Å². The first kappa shape index (κ1) is 22.0. The molecular weight excluding hydrogens is 429 g/mol. The largest absolute Gasteiger partial charge is 0.349 e. The van der Waals surface area contributed by atoms with Crippen LogP contribution in [0, 0.1) is 6.92 Å². The monoisotopic (exact) mass is 453 g/mol. The molecule has 2 saturated heterocycles. The molecule has 0 spiro atoms. The average Bonchev–Trinajstić information content (AvgIpc) is 3.36. The zero-order chi connectivity index (χ0) is 18.5. The molecule has 0 radical (unpaired) electrons. The summed E-state index contributed by atoms with van der Waals surface area (Å²) in [5.41, 5.74) is 3.11. The molecule has 0 aliphatic carbocycles. The van der Waals surface area contributed by atoms with Gasteiger partial charge in [-0.1, -0.05) is 6.07 Å². The van der Waals surface area contributed by atoms with E-state index in [1.807, 2.05) is 37.6 Å². The Bertz CT molecular complexity index is 1010. The predicted molar refractivity (Wildman–Crippen MR) is 121 cm³/mol. The lowest BCUT2D eigenvalue weighted by molar-refractivity contribution is 0.0925. The fraction of sp³-hybridized carbons (Fsp3) is 0.450. The van der Waals surface area contributed by atoms with Crippen LogP contribution in [0.1, 0.15) is 41.7 Å². The van der Waals surface area contributed by atoms with Crippen molar-refractivity contribution in [2.45, 2.75) is 50.7 Å². The van der Waals surface area contributed by atoms with Gasteiger partial charge in [0.2, 0.25) is 0 Å². The summed E-state index contributed by atoms with van der Waals surface area (Å²) in [5.74, 6) is -0.0115. The van der Waals surface area contributed by atoms with Gasteiger partial charge < -0.3 is 10.6 Å². The van der Waals surface area contributed by atoms with E-state index in [0.29, 0.717) is 17.6 Å². The van der Waals surface area contributed by atoms with Crippen molar-refractivity contribution in [1.82, 2.24) is 25.4 Å². The van der Waals surface area contributed by atoms with E-state index in [9.17, 15) is 4.79 Å². The third kappa shape index (κ3) is 4.01. The number of halogens is 2. The molecule has 0 saturated carbocycles. The first-order valence-corrected chi connectivity index (χ1v) is 10.4. The third-order valence-corrected chi connectivity index (χ3v) is 6.69. The van der Waals surface area contributed by atoms with Gasteiger partial charge in [0.05, 0.1) is 27.2 Å². The Morgan fingerprint density at radius 3 is 2.66 bits per heavy atom. The summed E-state index contributed by atoms with van der Waals surface area (Å²) >= 11 is 1.63. The van der Waals surface area contributed by atoms with Crippen LogP contribution in [-0.2, 0) is 7.05 Å². The highest BCUT2D eigenvalue weighted by Crippen LogP contribution is 2.30. The molecule has 156 valence electrons. The molecule has 3 aromatic heterocycles. The van der Waals surface area contributed by atoms with Gasteiger partial charge in [0.1, 0.15) is 0 Å². The second kappa shape index (κ2) is 8.60. The molecular formula is C20H25Cl2N5OS. The zero-order valence-electron chi connectivity index (χ0n) is 16.3. The second-order valence-corrected chi connectivity index (χ2v) is 8.67. The number of rotatable bonds is 3. The first-order valence-electron chi connectivity index (χ1n) is 9.53. The van der Waals surface area contributed by atoms with E-state index in [0.717, 1.165) is 40.1 Å². The maximum absolute atomic E-state index is 13.3. The number of nitrogens with one attached hydrogen (secondary N) is 2. The summed E-state index contributed by atoms with van der Waals surface area (Å²) in [5, 5.41) is 14.3. The summed E-state index contributed by atoms with van der Waals surface area (Å²) < 4.78 is 1.77. The van der Waals surface area contributed by atoms with Crippen LogP contribution in [0.4, 0.5) is 0 Å². The van der Waals surface area contributed by atoms with Gasteiger partial charge in [-0.2, -0.15) is 5.10 Å². The summed E-state index contributed by atoms with van der Waals surface area (Å²) in [6.45, 7) is 1.94. The summed E-state index contributed by atoms with van der Waals surface area (Å²) in [4.78, 5) is 19.1. The van der Waals surface area contributed by atoms with Gasteiger partial charge in [-0.3, -0.25) is 9.48 Å². The number of nitrogens with zero attached hydrogens (tertiary/aromatic N) is 3. The van der Waals surface area contributed by atoms with Gasteiger partial charge in [-0.25, -0.2) is 4.98 Å². The minimum absolute atomic E-state index is 0. The van der Waals surface area contributed by atoms with Gasteiger partial charge in [-0.15, -0.1) is 36.2 Å². The minimum atomic E-state index is -0.0115. The van der Waals surface area contributed by atoms with Crippen molar-refractivity contribution >= 4 is 53.1 Å². The van der Waals surface area contributed by atoms with Gasteiger partial charge in [-0.05, 0) is 50.1 Å².